The first kappa shape index (κ1) is 15.1. The van der Waals surface area contributed by atoms with Gasteiger partial charge in [0.2, 0.25) is 11.8 Å². The lowest BCUT2D eigenvalue weighted by Crippen LogP contribution is -2.15. The third kappa shape index (κ3) is 4.32. The maximum absolute atomic E-state index is 12.0. The van der Waals surface area contributed by atoms with Gasteiger partial charge in [0.15, 0.2) is 0 Å². The lowest BCUT2D eigenvalue weighted by molar-refractivity contribution is -0.116. The summed E-state index contributed by atoms with van der Waals surface area (Å²) >= 11 is 1.55. The van der Waals surface area contributed by atoms with Crippen LogP contribution >= 0.6 is 11.3 Å². The van der Waals surface area contributed by atoms with Gasteiger partial charge in [-0.15, -0.1) is 0 Å². The molecule has 6 heteroatoms. The molecule has 0 saturated heterocycles. The Bertz CT molecular complexity index is 638. The maximum Gasteiger partial charge on any atom is 0.228 e. The number of nitrogens with one attached hydrogen (secondary N) is 2. The lowest BCUT2D eigenvalue weighted by atomic mass is 10.2. The summed E-state index contributed by atoms with van der Waals surface area (Å²) in [6.07, 6.45) is 0.303. The van der Waals surface area contributed by atoms with Crippen molar-refractivity contribution in [1.82, 2.24) is 0 Å². The normalized spacial score (nSPS) is 10.0. The van der Waals surface area contributed by atoms with E-state index in [1.165, 1.54) is 14.0 Å². The second-order valence-electron chi connectivity index (χ2n) is 4.45. The molecule has 0 aliphatic carbocycles. The molecule has 1 aromatic carbocycles. The number of carbonyl (C=O) groups is 2. The molecule has 2 amide bonds. The van der Waals surface area contributed by atoms with Crippen molar-refractivity contribution in [1.29, 1.82) is 0 Å². The van der Waals surface area contributed by atoms with Gasteiger partial charge in [0.1, 0.15) is 5.75 Å². The van der Waals surface area contributed by atoms with Crippen LogP contribution in [0.5, 0.6) is 5.75 Å². The van der Waals surface area contributed by atoms with Crippen LogP contribution in [-0.2, 0) is 16.0 Å². The number of carbonyl (C=O) groups excluding carboxylic acids is 2. The van der Waals surface area contributed by atoms with E-state index >= 15 is 0 Å². The number of methoxy groups -OCH3 is 1. The van der Waals surface area contributed by atoms with Crippen molar-refractivity contribution in [3.63, 3.8) is 0 Å². The second kappa shape index (κ2) is 6.90. The van der Waals surface area contributed by atoms with Crippen LogP contribution < -0.4 is 15.4 Å². The van der Waals surface area contributed by atoms with Crippen LogP contribution in [-0.4, -0.2) is 18.9 Å². The van der Waals surface area contributed by atoms with E-state index in [1.54, 1.807) is 29.5 Å². The molecule has 0 bridgehead atoms. The van der Waals surface area contributed by atoms with E-state index < -0.39 is 0 Å². The fourth-order valence-corrected chi connectivity index (χ4v) is 2.53. The van der Waals surface area contributed by atoms with Crippen molar-refractivity contribution in [3.8, 4) is 5.75 Å². The number of anilines is 2. The summed E-state index contributed by atoms with van der Waals surface area (Å²) in [6.45, 7) is 1.43. The second-order valence-corrected chi connectivity index (χ2v) is 5.23. The predicted octanol–water partition coefficient (Wildman–Crippen LogP) is 2.90. The summed E-state index contributed by atoms with van der Waals surface area (Å²) in [6, 6.07) is 7.00. The van der Waals surface area contributed by atoms with Crippen molar-refractivity contribution in [2.75, 3.05) is 17.7 Å². The smallest absolute Gasteiger partial charge is 0.228 e. The Morgan fingerprint density at radius 2 is 2.05 bits per heavy atom. The Hall–Kier alpha value is -2.34. The van der Waals surface area contributed by atoms with Crippen molar-refractivity contribution in [2.24, 2.45) is 0 Å². The fraction of sp³-hybridized carbons (Fsp3) is 0.200. The van der Waals surface area contributed by atoms with Crippen molar-refractivity contribution >= 4 is 34.5 Å². The Kier molecular flexibility index (Phi) is 4.94. The number of hydrogen-bond donors (Lipinski definition) is 2. The Balaban J connectivity index is 2.12. The molecular formula is C15H16N2O3S. The minimum Gasteiger partial charge on any atom is -0.495 e. The van der Waals surface area contributed by atoms with Crippen molar-refractivity contribution in [3.05, 3.63) is 40.6 Å². The first-order valence-electron chi connectivity index (χ1n) is 6.35. The molecule has 0 saturated carbocycles. The van der Waals surface area contributed by atoms with E-state index in [2.05, 4.69) is 10.6 Å². The quantitative estimate of drug-likeness (QED) is 0.892. The van der Waals surface area contributed by atoms with Gasteiger partial charge in [-0.3, -0.25) is 9.59 Å². The monoisotopic (exact) mass is 304 g/mol. The number of hydrogen-bond acceptors (Lipinski definition) is 4. The zero-order valence-corrected chi connectivity index (χ0v) is 12.6. The summed E-state index contributed by atoms with van der Waals surface area (Å²) in [5.74, 6) is 0.241. The van der Waals surface area contributed by atoms with Crippen LogP contribution in [0.25, 0.3) is 0 Å². The summed E-state index contributed by atoms with van der Waals surface area (Å²) in [5, 5.41) is 9.34. The first-order chi connectivity index (χ1) is 10.1. The topological polar surface area (TPSA) is 67.4 Å². The van der Waals surface area contributed by atoms with E-state index in [0.717, 1.165) is 5.56 Å². The Labute approximate surface area is 126 Å². The highest BCUT2D eigenvalue weighted by atomic mass is 32.1. The predicted molar refractivity (Wildman–Crippen MR) is 84.0 cm³/mol. The molecule has 5 nitrogen and oxygen atoms in total. The minimum absolute atomic E-state index is 0.133. The van der Waals surface area contributed by atoms with Gasteiger partial charge >= 0.3 is 0 Å². The van der Waals surface area contributed by atoms with Gasteiger partial charge in [-0.1, -0.05) is 0 Å². The van der Waals surface area contributed by atoms with Crippen molar-refractivity contribution < 1.29 is 14.3 Å². The van der Waals surface area contributed by atoms with Gasteiger partial charge < -0.3 is 15.4 Å². The molecule has 2 aromatic rings. The molecule has 0 atom stereocenters. The summed E-state index contributed by atoms with van der Waals surface area (Å²) < 4.78 is 5.22. The van der Waals surface area contributed by atoms with Crippen LogP contribution in [0.2, 0.25) is 0 Å². The highest BCUT2D eigenvalue weighted by Crippen LogP contribution is 2.28. The number of thiophene rings is 1. The maximum atomic E-state index is 12.0. The van der Waals surface area contributed by atoms with Gasteiger partial charge in [-0.25, -0.2) is 0 Å². The van der Waals surface area contributed by atoms with Crippen LogP contribution in [0, 0.1) is 0 Å². The van der Waals surface area contributed by atoms with Gasteiger partial charge in [-0.05, 0) is 40.6 Å². The molecule has 110 valence electrons. The minimum atomic E-state index is -0.171. The lowest BCUT2D eigenvalue weighted by Gasteiger charge is -2.12. The van der Waals surface area contributed by atoms with E-state index in [9.17, 15) is 9.59 Å². The Morgan fingerprint density at radius 1 is 1.24 bits per heavy atom. The molecule has 21 heavy (non-hydrogen) atoms. The third-order valence-electron chi connectivity index (χ3n) is 2.74. The summed E-state index contributed by atoms with van der Waals surface area (Å²) in [5.41, 5.74) is 2.10. The molecule has 0 radical (unpaired) electrons. The fourth-order valence-electron chi connectivity index (χ4n) is 1.86. The highest BCUT2D eigenvalue weighted by molar-refractivity contribution is 7.08. The number of amides is 2. The summed E-state index contributed by atoms with van der Waals surface area (Å²) in [7, 11) is 1.53. The molecule has 0 unspecified atom stereocenters. The molecule has 0 fully saturated rings. The zero-order chi connectivity index (χ0) is 15.2. The Morgan fingerprint density at radius 3 is 2.67 bits per heavy atom. The molecule has 2 rings (SSSR count). The van der Waals surface area contributed by atoms with E-state index in [0.29, 0.717) is 23.5 Å². The number of rotatable bonds is 5. The zero-order valence-electron chi connectivity index (χ0n) is 11.8. The SMILES string of the molecule is COc1ccc(NC(C)=O)cc1NC(=O)Cc1ccsc1. The molecule has 0 aliphatic heterocycles. The van der Waals surface area contributed by atoms with Crippen LogP contribution in [0.15, 0.2) is 35.0 Å². The van der Waals surface area contributed by atoms with E-state index in [-0.39, 0.29) is 11.8 Å². The van der Waals surface area contributed by atoms with Crippen LogP contribution in [0.1, 0.15) is 12.5 Å². The van der Waals surface area contributed by atoms with Crippen LogP contribution in [0.3, 0.4) is 0 Å². The molecular weight excluding hydrogens is 288 g/mol. The van der Waals surface area contributed by atoms with Crippen molar-refractivity contribution in [2.45, 2.75) is 13.3 Å². The average molecular weight is 304 g/mol. The molecule has 1 aromatic heterocycles. The third-order valence-corrected chi connectivity index (χ3v) is 3.47. The van der Waals surface area contributed by atoms with Gasteiger partial charge in [0, 0.05) is 12.6 Å². The molecule has 2 N–H and O–H groups in total. The summed E-state index contributed by atoms with van der Waals surface area (Å²) in [4.78, 5) is 23.1. The van der Waals surface area contributed by atoms with Gasteiger partial charge in [0.25, 0.3) is 0 Å². The average Bonchev–Trinajstić information content (AvgIpc) is 2.91. The highest BCUT2D eigenvalue weighted by Gasteiger charge is 2.10. The number of benzene rings is 1. The largest absolute Gasteiger partial charge is 0.495 e. The molecule has 1 heterocycles. The van der Waals surface area contributed by atoms with E-state index in [4.69, 9.17) is 4.74 Å². The van der Waals surface area contributed by atoms with Crippen LogP contribution in [0.4, 0.5) is 11.4 Å². The number of ether oxygens (including phenoxy) is 1. The standard InChI is InChI=1S/C15H16N2O3S/c1-10(18)16-12-3-4-14(20-2)13(8-12)17-15(19)7-11-5-6-21-9-11/h3-6,8-9H,7H2,1-2H3,(H,16,18)(H,17,19). The van der Waals surface area contributed by atoms with Gasteiger partial charge in [0.05, 0.1) is 19.2 Å². The first-order valence-corrected chi connectivity index (χ1v) is 7.29. The van der Waals surface area contributed by atoms with E-state index in [1.807, 2.05) is 16.8 Å². The molecule has 0 aliphatic rings. The van der Waals surface area contributed by atoms with Gasteiger partial charge in [-0.2, -0.15) is 11.3 Å². The molecule has 0 spiro atoms.